The molecule has 2 aliphatic carbocycles. The van der Waals surface area contributed by atoms with E-state index in [9.17, 15) is 13.6 Å². The number of hydrogen-bond donors (Lipinski definition) is 1. The monoisotopic (exact) mass is 416 g/mol. The second kappa shape index (κ2) is 8.14. The number of fused-ring (bicyclic) bond motifs is 2. The molecule has 1 aromatic carbocycles. The van der Waals surface area contributed by atoms with Gasteiger partial charge in [0.1, 0.15) is 11.8 Å². The lowest BCUT2D eigenvalue weighted by molar-refractivity contribution is -0.247. The van der Waals surface area contributed by atoms with E-state index in [1.807, 2.05) is 24.3 Å². The second-order valence-electron chi connectivity index (χ2n) is 9.20. The summed E-state index contributed by atoms with van der Waals surface area (Å²) in [6.07, 6.45) is 9.24. The fourth-order valence-electron chi connectivity index (χ4n) is 5.21. The van der Waals surface area contributed by atoms with Gasteiger partial charge in [-0.25, -0.2) is 0 Å². The van der Waals surface area contributed by atoms with Crippen molar-refractivity contribution in [2.24, 2.45) is 5.92 Å². The molecule has 6 heteroatoms. The summed E-state index contributed by atoms with van der Waals surface area (Å²) in [5, 5.41) is 3.55. The van der Waals surface area contributed by atoms with Gasteiger partial charge in [0.05, 0.1) is 0 Å². The first-order valence-electron chi connectivity index (χ1n) is 10.9. The van der Waals surface area contributed by atoms with Gasteiger partial charge >= 0.3 is 6.55 Å². The lowest BCUT2D eigenvalue weighted by atomic mass is 9.86. The average molecular weight is 417 g/mol. The van der Waals surface area contributed by atoms with Crippen LogP contribution in [0, 0.1) is 5.92 Å². The Balaban J connectivity index is 1.60. The number of nitrogens with zero attached hydrogens (tertiary/aromatic N) is 1. The van der Waals surface area contributed by atoms with Crippen molar-refractivity contribution in [3.05, 3.63) is 53.3 Å². The number of allylic oxidation sites excluding steroid dienone is 4. The van der Waals surface area contributed by atoms with E-state index in [1.54, 1.807) is 6.08 Å². The predicted octanol–water partition coefficient (Wildman–Crippen LogP) is 5.88. The molecule has 4 rings (SSSR count). The van der Waals surface area contributed by atoms with Crippen molar-refractivity contribution >= 4 is 11.6 Å². The first kappa shape index (κ1) is 21.0. The molecule has 1 aromatic rings. The fourth-order valence-corrected chi connectivity index (χ4v) is 5.21. The normalized spacial score (nSPS) is 27.7. The second-order valence-corrected chi connectivity index (χ2v) is 9.20. The zero-order valence-electron chi connectivity index (χ0n) is 17.8. The predicted molar refractivity (Wildman–Crippen MR) is 113 cm³/mol. The fraction of sp³-hybridized carbons (Fsp3) is 0.542. The van der Waals surface area contributed by atoms with Gasteiger partial charge in [-0.05, 0) is 66.7 Å². The van der Waals surface area contributed by atoms with Crippen LogP contribution in [-0.2, 0) is 15.0 Å². The number of benzene rings is 1. The molecule has 3 unspecified atom stereocenters. The SMILES string of the molecule is CCC1CC(C)(C)c2cccc(NC(=O)C3CCC4CC=CC=C4ON3C(F)F)c21. The molecule has 3 atom stereocenters. The van der Waals surface area contributed by atoms with Crippen LogP contribution in [0.5, 0.6) is 0 Å². The zero-order chi connectivity index (χ0) is 21.5. The van der Waals surface area contributed by atoms with Crippen LogP contribution < -0.4 is 5.32 Å². The molecule has 1 N–H and O–H groups in total. The average Bonchev–Trinajstić information content (AvgIpc) is 2.87. The Hall–Kier alpha value is -2.21. The number of carbonyl (C=O) groups is 1. The van der Waals surface area contributed by atoms with Crippen LogP contribution in [0.1, 0.15) is 69.9 Å². The van der Waals surface area contributed by atoms with E-state index in [0.717, 1.165) is 30.5 Å². The van der Waals surface area contributed by atoms with Gasteiger partial charge in [-0.3, -0.25) is 4.79 Å². The van der Waals surface area contributed by atoms with E-state index in [2.05, 4.69) is 32.2 Å². The van der Waals surface area contributed by atoms with Gasteiger partial charge in [-0.1, -0.05) is 50.1 Å². The van der Waals surface area contributed by atoms with Crippen LogP contribution >= 0.6 is 0 Å². The zero-order valence-corrected chi connectivity index (χ0v) is 17.8. The summed E-state index contributed by atoms with van der Waals surface area (Å²) in [4.78, 5) is 18.7. The van der Waals surface area contributed by atoms with Crippen molar-refractivity contribution in [1.29, 1.82) is 0 Å². The maximum atomic E-state index is 13.8. The summed E-state index contributed by atoms with van der Waals surface area (Å²) >= 11 is 0. The van der Waals surface area contributed by atoms with E-state index < -0.39 is 18.5 Å². The third-order valence-electron chi connectivity index (χ3n) is 6.77. The molecule has 0 spiro atoms. The molecule has 0 radical (unpaired) electrons. The smallest absolute Gasteiger partial charge is 0.325 e. The summed E-state index contributed by atoms with van der Waals surface area (Å²) in [6.45, 7) is 3.70. The summed E-state index contributed by atoms with van der Waals surface area (Å²) in [6, 6.07) is 4.90. The highest BCUT2D eigenvalue weighted by atomic mass is 19.3. The maximum absolute atomic E-state index is 13.8. The quantitative estimate of drug-likeness (QED) is 0.624. The highest BCUT2D eigenvalue weighted by molar-refractivity contribution is 5.96. The largest absolute Gasteiger partial charge is 0.404 e. The van der Waals surface area contributed by atoms with Gasteiger partial charge < -0.3 is 10.2 Å². The van der Waals surface area contributed by atoms with Crippen LogP contribution in [0.4, 0.5) is 14.5 Å². The van der Waals surface area contributed by atoms with Crippen molar-refractivity contribution in [1.82, 2.24) is 5.06 Å². The van der Waals surface area contributed by atoms with Gasteiger partial charge in [0.25, 0.3) is 0 Å². The molecule has 162 valence electrons. The third-order valence-corrected chi connectivity index (χ3v) is 6.77. The minimum atomic E-state index is -2.88. The van der Waals surface area contributed by atoms with Crippen LogP contribution in [0.15, 0.2) is 42.2 Å². The third kappa shape index (κ3) is 3.78. The van der Waals surface area contributed by atoms with Gasteiger partial charge in [0, 0.05) is 11.6 Å². The van der Waals surface area contributed by atoms with Crippen LogP contribution in [0.3, 0.4) is 0 Å². The molecule has 30 heavy (non-hydrogen) atoms. The Morgan fingerprint density at radius 3 is 2.87 bits per heavy atom. The molecule has 1 amide bonds. The van der Waals surface area contributed by atoms with Gasteiger partial charge in [0.15, 0.2) is 0 Å². The molecule has 0 bridgehead atoms. The summed E-state index contributed by atoms with van der Waals surface area (Å²) in [5.41, 5.74) is 3.16. The Kier molecular flexibility index (Phi) is 5.71. The summed E-state index contributed by atoms with van der Waals surface area (Å²) in [7, 11) is 0. The van der Waals surface area contributed by atoms with Crippen molar-refractivity contribution in [2.45, 2.75) is 76.8 Å². The van der Waals surface area contributed by atoms with Crippen molar-refractivity contribution in [3.8, 4) is 0 Å². The maximum Gasteiger partial charge on any atom is 0.325 e. The highest BCUT2D eigenvalue weighted by Crippen LogP contribution is 2.50. The molecular formula is C24H30F2N2O2. The van der Waals surface area contributed by atoms with Crippen molar-refractivity contribution in [3.63, 3.8) is 0 Å². The number of nitrogens with one attached hydrogen (secondary N) is 1. The van der Waals surface area contributed by atoms with E-state index in [1.165, 1.54) is 5.56 Å². The Morgan fingerprint density at radius 1 is 1.33 bits per heavy atom. The summed E-state index contributed by atoms with van der Waals surface area (Å²) < 4.78 is 27.6. The summed E-state index contributed by atoms with van der Waals surface area (Å²) in [5.74, 6) is 0.472. The molecule has 1 heterocycles. The molecule has 1 saturated heterocycles. The van der Waals surface area contributed by atoms with Gasteiger partial charge in [0.2, 0.25) is 5.91 Å². The number of hydroxylamine groups is 2. The molecule has 0 saturated carbocycles. The Bertz CT molecular complexity index is 878. The van der Waals surface area contributed by atoms with Crippen molar-refractivity contribution < 1.29 is 18.4 Å². The van der Waals surface area contributed by atoms with Crippen LogP contribution in [0.25, 0.3) is 0 Å². The topological polar surface area (TPSA) is 41.6 Å². The number of carbonyl (C=O) groups excluding carboxylic acids is 1. The minimum absolute atomic E-state index is 0.0341. The number of anilines is 1. The molecule has 0 aromatic heterocycles. The number of halogens is 2. The Labute approximate surface area is 176 Å². The number of alkyl halides is 2. The number of rotatable bonds is 4. The molecule has 1 fully saturated rings. The van der Waals surface area contributed by atoms with Crippen molar-refractivity contribution in [2.75, 3.05) is 5.32 Å². The standard InChI is InChI=1S/C24H30F2N2O2/c1-4-15-14-24(2,3)17-9-7-10-18(21(15)17)27-22(29)19-13-12-16-8-5-6-11-20(16)30-28(19)23(25)26/h5-7,9-11,15-16,19,23H,4,8,12-14H2,1-3H3,(H,27,29). The lowest BCUT2D eigenvalue weighted by Crippen LogP contribution is -2.45. The highest BCUT2D eigenvalue weighted by Gasteiger charge is 2.41. The van der Waals surface area contributed by atoms with Gasteiger partial charge in [-0.2, -0.15) is 8.78 Å². The van der Waals surface area contributed by atoms with Crippen LogP contribution in [0.2, 0.25) is 0 Å². The van der Waals surface area contributed by atoms with E-state index in [-0.39, 0.29) is 11.3 Å². The van der Waals surface area contributed by atoms with E-state index in [4.69, 9.17) is 4.84 Å². The van der Waals surface area contributed by atoms with Gasteiger partial charge in [-0.15, -0.1) is 0 Å². The Morgan fingerprint density at radius 2 is 2.13 bits per heavy atom. The number of hydrogen-bond acceptors (Lipinski definition) is 3. The first-order valence-corrected chi connectivity index (χ1v) is 10.9. The van der Waals surface area contributed by atoms with E-state index in [0.29, 0.717) is 29.6 Å². The molecule has 4 nitrogen and oxygen atoms in total. The molecule has 1 aliphatic heterocycles. The number of amides is 1. The molecule has 3 aliphatic rings. The van der Waals surface area contributed by atoms with E-state index >= 15 is 0 Å². The van der Waals surface area contributed by atoms with Crippen LogP contribution in [-0.4, -0.2) is 23.6 Å². The first-order chi connectivity index (χ1) is 14.3. The lowest BCUT2D eigenvalue weighted by Gasteiger charge is -2.28. The minimum Gasteiger partial charge on any atom is -0.404 e. The molecular weight excluding hydrogens is 386 g/mol.